The van der Waals surface area contributed by atoms with Crippen LogP contribution in [0.1, 0.15) is 17.3 Å². The lowest BCUT2D eigenvalue weighted by Gasteiger charge is -2.33. The zero-order valence-corrected chi connectivity index (χ0v) is 11.4. The molecule has 1 unspecified atom stereocenters. The molecule has 1 heterocycles. The molecule has 0 aromatic heterocycles. The number of hydrogen-bond acceptors (Lipinski definition) is 5. The molecule has 3 N–H and O–H groups in total. The van der Waals surface area contributed by atoms with E-state index in [-0.39, 0.29) is 41.4 Å². The Morgan fingerprint density at radius 3 is 2.74 bits per heavy atom. The van der Waals surface area contributed by atoms with Crippen LogP contribution in [0.2, 0.25) is 0 Å². The van der Waals surface area contributed by atoms with Crippen molar-refractivity contribution in [1.29, 1.82) is 0 Å². The SMILES string of the molecule is CC1CS(=O)(=O)CCN1C(=O)c1ccc(N)c(O)c1. The van der Waals surface area contributed by atoms with E-state index in [4.69, 9.17) is 5.73 Å². The van der Waals surface area contributed by atoms with Gasteiger partial charge in [0.1, 0.15) is 5.75 Å². The number of rotatable bonds is 1. The van der Waals surface area contributed by atoms with Gasteiger partial charge in [-0.2, -0.15) is 0 Å². The van der Waals surface area contributed by atoms with E-state index in [9.17, 15) is 18.3 Å². The number of benzene rings is 1. The molecule has 1 aliphatic heterocycles. The van der Waals surface area contributed by atoms with Crippen molar-refractivity contribution in [3.8, 4) is 5.75 Å². The highest BCUT2D eigenvalue weighted by Gasteiger charge is 2.31. The van der Waals surface area contributed by atoms with E-state index >= 15 is 0 Å². The quantitative estimate of drug-likeness (QED) is 0.568. The van der Waals surface area contributed by atoms with E-state index in [2.05, 4.69) is 0 Å². The number of aromatic hydroxyl groups is 1. The number of carbonyl (C=O) groups excluding carboxylic acids is 1. The van der Waals surface area contributed by atoms with Gasteiger partial charge < -0.3 is 15.7 Å². The number of carbonyl (C=O) groups is 1. The second-order valence-corrected chi connectivity index (χ2v) is 6.96. The van der Waals surface area contributed by atoms with E-state index in [1.165, 1.54) is 23.1 Å². The molecule has 2 rings (SSSR count). The third-order valence-corrected chi connectivity index (χ3v) is 5.00. The number of nitrogens with zero attached hydrogens (tertiary/aromatic N) is 1. The topological polar surface area (TPSA) is 101 Å². The Morgan fingerprint density at radius 2 is 2.16 bits per heavy atom. The molecular formula is C12H16N2O4S. The zero-order chi connectivity index (χ0) is 14.2. The lowest BCUT2D eigenvalue weighted by Crippen LogP contribution is -2.49. The summed E-state index contributed by atoms with van der Waals surface area (Å²) in [5.41, 5.74) is 5.98. The Labute approximate surface area is 111 Å². The fourth-order valence-corrected chi connectivity index (χ4v) is 3.70. The monoisotopic (exact) mass is 284 g/mol. The van der Waals surface area contributed by atoms with Crippen molar-refractivity contribution in [1.82, 2.24) is 4.90 Å². The molecule has 1 amide bonds. The van der Waals surface area contributed by atoms with Gasteiger partial charge in [-0.15, -0.1) is 0 Å². The maximum Gasteiger partial charge on any atom is 0.254 e. The second-order valence-electron chi connectivity index (χ2n) is 4.74. The van der Waals surface area contributed by atoms with Crippen molar-refractivity contribution in [3.05, 3.63) is 23.8 Å². The predicted octanol–water partition coefficient (Wildman–Crippen LogP) is 0.233. The van der Waals surface area contributed by atoms with Gasteiger partial charge in [0.05, 0.1) is 17.2 Å². The van der Waals surface area contributed by atoms with Crippen LogP contribution in [0.15, 0.2) is 18.2 Å². The molecule has 1 saturated heterocycles. The first-order chi connectivity index (χ1) is 8.80. The van der Waals surface area contributed by atoms with Gasteiger partial charge >= 0.3 is 0 Å². The zero-order valence-electron chi connectivity index (χ0n) is 10.5. The summed E-state index contributed by atoms with van der Waals surface area (Å²) in [6, 6.07) is 3.90. The van der Waals surface area contributed by atoms with Crippen molar-refractivity contribution >= 4 is 21.4 Å². The van der Waals surface area contributed by atoms with Crippen molar-refractivity contribution in [2.45, 2.75) is 13.0 Å². The van der Waals surface area contributed by atoms with Gasteiger partial charge in [0, 0.05) is 18.2 Å². The van der Waals surface area contributed by atoms with Crippen LogP contribution in [-0.4, -0.2) is 48.4 Å². The molecule has 1 fully saturated rings. The Morgan fingerprint density at radius 1 is 1.47 bits per heavy atom. The minimum Gasteiger partial charge on any atom is -0.506 e. The number of anilines is 1. The van der Waals surface area contributed by atoms with Crippen molar-refractivity contribution < 1.29 is 18.3 Å². The summed E-state index contributed by atoms with van der Waals surface area (Å²) in [4.78, 5) is 13.8. The predicted molar refractivity (Wildman–Crippen MR) is 71.7 cm³/mol. The first-order valence-electron chi connectivity index (χ1n) is 5.90. The highest BCUT2D eigenvalue weighted by Crippen LogP contribution is 2.23. The van der Waals surface area contributed by atoms with Crippen LogP contribution >= 0.6 is 0 Å². The molecule has 104 valence electrons. The van der Waals surface area contributed by atoms with Crippen molar-refractivity contribution in [3.63, 3.8) is 0 Å². The molecule has 6 nitrogen and oxygen atoms in total. The van der Waals surface area contributed by atoms with Crippen LogP contribution in [0.25, 0.3) is 0 Å². The lowest BCUT2D eigenvalue weighted by atomic mass is 10.1. The van der Waals surface area contributed by atoms with Crippen LogP contribution in [0, 0.1) is 0 Å². The number of nitrogen functional groups attached to an aromatic ring is 1. The normalized spacial score (nSPS) is 22.2. The van der Waals surface area contributed by atoms with Crippen LogP contribution in [0.4, 0.5) is 5.69 Å². The van der Waals surface area contributed by atoms with Gasteiger partial charge in [-0.1, -0.05) is 0 Å². The van der Waals surface area contributed by atoms with Gasteiger partial charge in [-0.05, 0) is 25.1 Å². The molecule has 1 aromatic carbocycles. The van der Waals surface area contributed by atoms with Gasteiger partial charge in [-0.3, -0.25) is 4.79 Å². The van der Waals surface area contributed by atoms with Crippen LogP contribution in [0.3, 0.4) is 0 Å². The van der Waals surface area contributed by atoms with Gasteiger partial charge in [0.15, 0.2) is 9.84 Å². The molecule has 1 aliphatic rings. The molecule has 0 bridgehead atoms. The molecule has 0 radical (unpaired) electrons. The third kappa shape index (κ3) is 2.81. The average molecular weight is 284 g/mol. The van der Waals surface area contributed by atoms with Crippen LogP contribution in [-0.2, 0) is 9.84 Å². The first kappa shape index (κ1) is 13.7. The fraction of sp³-hybridized carbons (Fsp3) is 0.417. The molecule has 7 heteroatoms. The molecular weight excluding hydrogens is 268 g/mol. The maximum atomic E-state index is 12.3. The van der Waals surface area contributed by atoms with Gasteiger partial charge in [0.2, 0.25) is 0 Å². The Bertz CT molecular complexity index is 612. The molecule has 0 spiro atoms. The third-order valence-electron chi connectivity index (χ3n) is 3.21. The summed E-state index contributed by atoms with van der Waals surface area (Å²) in [6.07, 6.45) is 0. The summed E-state index contributed by atoms with van der Waals surface area (Å²) in [5, 5.41) is 9.50. The largest absolute Gasteiger partial charge is 0.506 e. The Kier molecular flexibility index (Phi) is 3.40. The summed E-state index contributed by atoms with van der Waals surface area (Å²) >= 11 is 0. The maximum absolute atomic E-state index is 12.3. The minimum atomic E-state index is -3.06. The number of amides is 1. The van der Waals surface area contributed by atoms with Crippen LogP contribution < -0.4 is 5.73 Å². The highest BCUT2D eigenvalue weighted by molar-refractivity contribution is 7.91. The summed E-state index contributed by atoms with van der Waals surface area (Å²) in [5.74, 6) is -0.496. The van der Waals surface area contributed by atoms with E-state index in [0.29, 0.717) is 5.56 Å². The smallest absolute Gasteiger partial charge is 0.254 e. The first-order valence-corrected chi connectivity index (χ1v) is 7.72. The van der Waals surface area contributed by atoms with E-state index in [1.807, 2.05) is 0 Å². The second kappa shape index (κ2) is 4.73. The van der Waals surface area contributed by atoms with Crippen molar-refractivity contribution in [2.75, 3.05) is 23.8 Å². The van der Waals surface area contributed by atoms with Gasteiger partial charge in [-0.25, -0.2) is 8.42 Å². The molecule has 0 aliphatic carbocycles. The van der Waals surface area contributed by atoms with E-state index in [0.717, 1.165) is 0 Å². The van der Waals surface area contributed by atoms with Crippen molar-refractivity contribution in [2.24, 2.45) is 0 Å². The average Bonchev–Trinajstić information content (AvgIpc) is 2.31. The summed E-state index contributed by atoms with van der Waals surface area (Å²) < 4.78 is 22.9. The molecule has 1 atom stereocenters. The van der Waals surface area contributed by atoms with E-state index in [1.54, 1.807) is 6.92 Å². The number of hydrogen-bond donors (Lipinski definition) is 2. The molecule has 1 aromatic rings. The molecule has 0 saturated carbocycles. The fourth-order valence-electron chi connectivity index (χ4n) is 2.14. The minimum absolute atomic E-state index is 0.0238. The number of phenolic OH excluding ortho intramolecular Hbond substituents is 1. The summed E-state index contributed by atoms with van der Waals surface area (Å²) in [7, 11) is -3.06. The number of nitrogens with two attached hydrogens (primary N) is 1. The number of sulfone groups is 1. The highest BCUT2D eigenvalue weighted by atomic mass is 32.2. The summed E-state index contributed by atoms with van der Waals surface area (Å²) in [6.45, 7) is 1.87. The molecule has 19 heavy (non-hydrogen) atoms. The lowest BCUT2D eigenvalue weighted by molar-refractivity contribution is 0.0712. The van der Waals surface area contributed by atoms with Crippen LogP contribution in [0.5, 0.6) is 5.75 Å². The Hall–Kier alpha value is -1.76. The standard InChI is InChI=1S/C12H16N2O4S/c1-8-7-19(17,18)5-4-14(8)12(16)9-2-3-10(13)11(15)6-9/h2-3,6,8,15H,4-5,7,13H2,1H3. The van der Waals surface area contributed by atoms with E-state index < -0.39 is 9.84 Å². The van der Waals surface area contributed by atoms with Gasteiger partial charge in [0.25, 0.3) is 5.91 Å². The Balaban J connectivity index is 2.22. The number of phenols is 1.